The third-order valence-corrected chi connectivity index (χ3v) is 4.24. The molecule has 2 aromatic carbocycles. The molecule has 2 aromatic rings. The lowest BCUT2D eigenvalue weighted by Gasteiger charge is -2.11. The number of benzene rings is 2. The van der Waals surface area contributed by atoms with Gasteiger partial charge in [0, 0.05) is 21.8 Å². The molecule has 0 atom stereocenters. The van der Waals surface area contributed by atoms with Crippen molar-refractivity contribution in [2.75, 3.05) is 14.2 Å². The number of carbonyl (C=O) groups excluding carboxylic acids is 1. The van der Waals surface area contributed by atoms with Crippen LogP contribution in [0.15, 0.2) is 47.4 Å². The maximum absolute atomic E-state index is 11.5. The topological polar surface area (TPSA) is 35.5 Å². The number of hydrogen-bond acceptors (Lipinski definition) is 4. The van der Waals surface area contributed by atoms with Gasteiger partial charge in [-0.2, -0.15) is 0 Å². The number of hydrogen-bond donors (Lipinski definition) is 0. The van der Waals surface area contributed by atoms with Gasteiger partial charge < -0.3 is 9.47 Å². The molecule has 0 fully saturated rings. The number of Topliss-reactive ketones (excluding diaryl/α,β-unsaturated/α-hetero) is 1. The summed E-state index contributed by atoms with van der Waals surface area (Å²) in [6.07, 6.45) is 0. The lowest BCUT2D eigenvalue weighted by atomic mass is 10.1. The molecule has 0 amide bonds. The molecule has 21 heavy (non-hydrogen) atoms. The molecule has 0 aliphatic rings. The highest BCUT2D eigenvalue weighted by Crippen LogP contribution is 2.33. The first-order chi connectivity index (χ1) is 10.2. The lowest BCUT2D eigenvalue weighted by molar-refractivity contribution is 0.101. The van der Waals surface area contributed by atoms with Crippen molar-refractivity contribution in [1.29, 1.82) is 0 Å². The molecule has 0 bridgehead atoms. The molecule has 0 radical (unpaired) electrons. The zero-order valence-electron chi connectivity index (χ0n) is 12.4. The SMILES string of the molecule is COc1ccc(C(C)=O)cc1CSc1ccccc1OC. The van der Waals surface area contributed by atoms with Gasteiger partial charge in [-0.05, 0) is 37.3 Å². The van der Waals surface area contributed by atoms with Gasteiger partial charge in [0.2, 0.25) is 0 Å². The van der Waals surface area contributed by atoms with Crippen LogP contribution >= 0.6 is 11.8 Å². The summed E-state index contributed by atoms with van der Waals surface area (Å²) in [5, 5.41) is 0. The first-order valence-electron chi connectivity index (χ1n) is 6.59. The predicted molar refractivity (Wildman–Crippen MR) is 85.6 cm³/mol. The average molecular weight is 302 g/mol. The number of methoxy groups -OCH3 is 2. The molecule has 0 spiro atoms. The van der Waals surface area contributed by atoms with E-state index in [0.29, 0.717) is 11.3 Å². The Hall–Kier alpha value is -1.94. The Morgan fingerprint density at radius 2 is 1.76 bits per heavy atom. The number of rotatable bonds is 6. The fourth-order valence-electron chi connectivity index (χ4n) is 2.00. The first kappa shape index (κ1) is 15.4. The normalized spacial score (nSPS) is 10.2. The minimum Gasteiger partial charge on any atom is -0.496 e. The van der Waals surface area contributed by atoms with E-state index >= 15 is 0 Å². The molecular formula is C17H18O3S. The Balaban J connectivity index is 2.22. The van der Waals surface area contributed by atoms with Crippen molar-refractivity contribution < 1.29 is 14.3 Å². The van der Waals surface area contributed by atoms with Gasteiger partial charge in [0.1, 0.15) is 11.5 Å². The van der Waals surface area contributed by atoms with Crippen LogP contribution in [0.3, 0.4) is 0 Å². The van der Waals surface area contributed by atoms with Crippen molar-refractivity contribution in [2.45, 2.75) is 17.6 Å². The van der Waals surface area contributed by atoms with Gasteiger partial charge in [-0.25, -0.2) is 0 Å². The van der Waals surface area contributed by atoms with Crippen molar-refractivity contribution >= 4 is 17.5 Å². The van der Waals surface area contributed by atoms with Crippen LogP contribution in [0.2, 0.25) is 0 Å². The van der Waals surface area contributed by atoms with Gasteiger partial charge in [0.05, 0.1) is 14.2 Å². The number of para-hydroxylation sites is 1. The number of ether oxygens (including phenoxy) is 2. The molecule has 0 N–H and O–H groups in total. The second kappa shape index (κ2) is 7.18. The molecule has 0 heterocycles. The van der Waals surface area contributed by atoms with Crippen LogP contribution in [0, 0.1) is 0 Å². The second-order valence-corrected chi connectivity index (χ2v) is 5.54. The van der Waals surface area contributed by atoms with Gasteiger partial charge >= 0.3 is 0 Å². The summed E-state index contributed by atoms with van der Waals surface area (Å²) in [6.45, 7) is 1.57. The second-order valence-electron chi connectivity index (χ2n) is 4.52. The van der Waals surface area contributed by atoms with Crippen LogP contribution in [0.5, 0.6) is 11.5 Å². The van der Waals surface area contributed by atoms with E-state index < -0.39 is 0 Å². The highest BCUT2D eigenvalue weighted by atomic mass is 32.2. The Kier molecular flexibility index (Phi) is 5.28. The summed E-state index contributed by atoms with van der Waals surface area (Å²) < 4.78 is 10.7. The van der Waals surface area contributed by atoms with Gasteiger partial charge in [0.25, 0.3) is 0 Å². The van der Waals surface area contributed by atoms with Crippen LogP contribution in [0.25, 0.3) is 0 Å². The maximum atomic E-state index is 11.5. The molecule has 0 saturated carbocycles. The predicted octanol–water partition coefficient (Wildman–Crippen LogP) is 4.20. The highest BCUT2D eigenvalue weighted by Gasteiger charge is 2.09. The van der Waals surface area contributed by atoms with Crippen molar-refractivity contribution in [1.82, 2.24) is 0 Å². The third-order valence-electron chi connectivity index (χ3n) is 3.14. The molecule has 0 saturated heterocycles. The Bertz CT molecular complexity index is 638. The molecule has 0 unspecified atom stereocenters. The maximum Gasteiger partial charge on any atom is 0.159 e. The van der Waals surface area contributed by atoms with Crippen LogP contribution in [0.4, 0.5) is 0 Å². The van der Waals surface area contributed by atoms with Crippen LogP contribution in [-0.2, 0) is 5.75 Å². The van der Waals surface area contributed by atoms with Gasteiger partial charge in [-0.3, -0.25) is 4.79 Å². The fourth-order valence-corrected chi connectivity index (χ4v) is 3.01. The van der Waals surface area contributed by atoms with Gasteiger partial charge in [0.15, 0.2) is 5.78 Å². The fraction of sp³-hybridized carbons (Fsp3) is 0.235. The molecule has 3 nitrogen and oxygen atoms in total. The quantitative estimate of drug-likeness (QED) is 0.592. The van der Waals surface area contributed by atoms with E-state index in [2.05, 4.69) is 0 Å². The highest BCUT2D eigenvalue weighted by molar-refractivity contribution is 7.98. The van der Waals surface area contributed by atoms with Crippen LogP contribution in [-0.4, -0.2) is 20.0 Å². The largest absolute Gasteiger partial charge is 0.496 e. The summed E-state index contributed by atoms with van der Waals surface area (Å²) in [5.41, 5.74) is 1.70. The molecule has 0 aliphatic heterocycles. The van der Waals surface area contributed by atoms with E-state index in [9.17, 15) is 4.79 Å². The van der Waals surface area contributed by atoms with E-state index in [1.165, 1.54) is 0 Å². The number of carbonyl (C=O) groups is 1. The van der Waals surface area contributed by atoms with Crippen molar-refractivity contribution in [3.05, 3.63) is 53.6 Å². The Morgan fingerprint density at radius 1 is 1.05 bits per heavy atom. The Morgan fingerprint density at radius 3 is 2.43 bits per heavy atom. The average Bonchev–Trinajstić information content (AvgIpc) is 2.52. The molecule has 0 aliphatic carbocycles. The Labute approximate surface area is 129 Å². The number of ketones is 1. The lowest BCUT2D eigenvalue weighted by Crippen LogP contribution is -1.97. The monoisotopic (exact) mass is 302 g/mol. The number of thioether (sulfide) groups is 1. The molecule has 2 rings (SSSR count). The summed E-state index contributed by atoms with van der Waals surface area (Å²) in [4.78, 5) is 12.6. The smallest absolute Gasteiger partial charge is 0.159 e. The third kappa shape index (κ3) is 3.79. The minimum atomic E-state index is 0.0567. The van der Waals surface area contributed by atoms with Crippen molar-refractivity contribution in [2.24, 2.45) is 0 Å². The van der Waals surface area contributed by atoms with Gasteiger partial charge in [-0.1, -0.05) is 12.1 Å². The van der Waals surface area contributed by atoms with Crippen molar-refractivity contribution in [3.63, 3.8) is 0 Å². The first-order valence-corrected chi connectivity index (χ1v) is 7.58. The molecular weight excluding hydrogens is 284 g/mol. The van der Waals surface area contributed by atoms with Crippen molar-refractivity contribution in [3.8, 4) is 11.5 Å². The summed E-state index contributed by atoms with van der Waals surface area (Å²) >= 11 is 1.66. The van der Waals surface area contributed by atoms with Gasteiger partial charge in [-0.15, -0.1) is 11.8 Å². The summed E-state index contributed by atoms with van der Waals surface area (Å²) in [5.74, 6) is 2.41. The van der Waals surface area contributed by atoms with Crippen LogP contribution < -0.4 is 9.47 Å². The molecule has 4 heteroatoms. The standard InChI is InChI=1S/C17H18O3S/c1-12(18)13-8-9-15(19-2)14(10-13)11-21-17-7-5-4-6-16(17)20-3/h4-10H,11H2,1-3H3. The molecule has 110 valence electrons. The van der Waals surface area contributed by atoms with E-state index in [-0.39, 0.29) is 5.78 Å². The zero-order chi connectivity index (χ0) is 15.2. The van der Waals surface area contributed by atoms with E-state index in [4.69, 9.17) is 9.47 Å². The minimum absolute atomic E-state index is 0.0567. The zero-order valence-corrected chi connectivity index (χ0v) is 13.2. The van der Waals surface area contributed by atoms with Crippen LogP contribution in [0.1, 0.15) is 22.8 Å². The van der Waals surface area contributed by atoms with E-state index in [0.717, 1.165) is 22.0 Å². The molecule has 0 aromatic heterocycles. The van der Waals surface area contributed by atoms with E-state index in [1.54, 1.807) is 39.0 Å². The summed E-state index contributed by atoms with van der Waals surface area (Å²) in [7, 11) is 3.30. The summed E-state index contributed by atoms with van der Waals surface area (Å²) in [6, 6.07) is 13.4. The van der Waals surface area contributed by atoms with E-state index in [1.807, 2.05) is 36.4 Å².